The molecule has 1 aromatic carbocycles. The highest BCUT2D eigenvalue weighted by atomic mass is 16.5. The molecule has 0 fully saturated rings. The second kappa shape index (κ2) is 8.15. The summed E-state index contributed by atoms with van der Waals surface area (Å²) in [6.07, 6.45) is 3.58. The Hall–Kier alpha value is -3.35. The number of benzene rings is 1. The fraction of sp³-hybridized carbons (Fsp3) is 0.211. The minimum Gasteiger partial charge on any atom is -0.493 e. The van der Waals surface area contributed by atoms with Crippen molar-refractivity contribution in [2.24, 2.45) is 0 Å². The molecule has 7 nitrogen and oxygen atoms in total. The lowest BCUT2D eigenvalue weighted by atomic mass is 10.2. The fourth-order valence-corrected chi connectivity index (χ4v) is 2.48. The number of aromatic nitrogens is 3. The molecule has 134 valence electrons. The van der Waals surface area contributed by atoms with Gasteiger partial charge < -0.3 is 20.1 Å². The quantitative estimate of drug-likeness (QED) is 0.673. The second-order valence-corrected chi connectivity index (χ2v) is 5.60. The molecule has 7 heteroatoms. The van der Waals surface area contributed by atoms with Gasteiger partial charge in [-0.2, -0.15) is 0 Å². The molecule has 0 radical (unpaired) electrons. The number of ether oxygens (including phenoxy) is 2. The average molecular weight is 351 g/mol. The van der Waals surface area contributed by atoms with E-state index in [1.807, 2.05) is 49.5 Å². The van der Waals surface area contributed by atoms with Gasteiger partial charge in [0.1, 0.15) is 17.5 Å². The number of hydrogen-bond donors (Lipinski definition) is 2. The van der Waals surface area contributed by atoms with Crippen LogP contribution < -0.4 is 20.1 Å². The van der Waals surface area contributed by atoms with Crippen LogP contribution in [0, 0.1) is 6.92 Å². The van der Waals surface area contributed by atoms with Gasteiger partial charge in [-0.05, 0) is 30.7 Å². The first-order valence-electron chi connectivity index (χ1n) is 8.15. The maximum atomic E-state index is 5.33. The van der Waals surface area contributed by atoms with Crippen LogP contribution in [0.15, 0.2) is 48.8 Å². The number of pyridine rings is 1. The van der Waals surface area contributed by atoms with Gasteiger partial charge in [0.25, 0.3) is 0 Å². The zero-order chi connectivity index (χ0) is 18.4. The Kier molecular flexibility index (Phi) is 5.48. The van der Waals surface area contributed by atoms with Gasteiger partial charge in [0.05, 0.1) is 14.2 Å². The second-order valence-electron chi connectivity index (χ2n) is 5.60. The van der Waals surface area contributed by atoms with Crippen LogP contribution in [0.5, 0.6) is 11.5 Å². The molecular formula is C19H21N5O2. The van der Waals surface area contributed by atoms with E-state index >= 15 is 0 Å². The molecule has 0 aliphatic carbocycles. The monoisotopic (exact) mass is 351 g/mol. The molecule has 0 bridgehead atoms. The predicted octanol–water partition coefficient (Wildman–Crippen LogP) is 3.55. The van der Waals surface area contributed by atoms with E-state index in [-0.39, 0.29) is 0 Å². The van der Waals surface area contributed by atoms with Crippen molar-refractivity contribution in [2.75, 3.05) is 24.9 Å². The van der Waals surface area contributed by atoms with Crippen molar-refractivity contribution in [2.45, 2.75) is 13.5 Å². The number of hydrogen-bond acceptors (Lipinski definition) is 7. The van der Waals surface area contributed by atoms with Gasteiger partial charge in [-0.25, -0.2) is 9.97 Å². The van der Waals surface area contributed by atoms with Gasteiger partial charge in [0, 0.05) is 36.8 Å². The van der Waals surface area contributed by atoms with Crippen molar-refractivity contribution in [3.8, 4) is 11.5 Å². The number of anilines is 3. The molecule has 0 unspecified atom stereocenters. The molecule has 3 rings (SSSR count). The van der Waals surface area contributed by atoms with E-state index in [0.717, 1.165) is 17.1 Å². The van der Waals surface area contributed by atoms with E-state index in [1.165, 1.54) is 0 Å². The Morgan fingerprint density at radius 1 is 0.962 bits per heavy atom. The van der Waals surface area contributed by atoms with Gasteiger partial charge in [0.2, 0.25) is 0 Å². The predicted molar refractivity (Wildman–Crippen MR) is 101 cm³/mol. The topological polar surface area (TPSA) is 81.2 Å². The minimum atomic E-state index is 0.639. The Labute approximate surface area is 152 Å². The van der Waals surface area contributed by atoms with Crippen molar-refractivity contribution in [1.82, 2.24) is 15.0 Å². The highest BCUT2D eigenvalue weighted by molar-refractivity contribution is 5.63. The van der Waals surface area contributed by atoms with Crippen molar-refractivity contribution >= 4 is 17.3 Å². The van der Waals surface area contributed by atoms with Crippen LogP contribution in [0.2, 0.25) is 0 Å². The minimum absolute atomic E-state index is 0.639. The highest BCUT2D eigenvalue weighted by Gasteiger charge is 2.07. The van der Waals surface area contributed by atoms with Crippen molar-refractivity contribution in [3.63, 3.8) is 0 Å². The molecule has 0 saturated heterocycles. The van der Waals surface area contributed by atoms with E-state index in [4.69, 9.17) is 9.47 Å². The summed E-state index contributed by atoms with van der Waals surface area (Å²) in [5.74, 6) is 3.43. The molecule has 2 heterocycles. The lowest BCUT2D eigenvalue weighted by Crippen LogP contribution is -2.05. The van der Waals surface area contributed by atoms with Crippen LogP contribution in [0.25, 0.3) is 0 Å². The lowest BCUT2D eigenvalue weighted by molar-refractivity contribution is 0.355. The average Bonchev–Trinajstić information content (AvgIpc) is 2.66. The molecule has 26 heavy (non-hydrogen) atoms. The van der Waals surface area contributed by atoms with Crippen LogP contribution in [0.3, 0.4) is 0 Å². The third kappa shape index (κ3) is 4.38. The van der Waals surface area contributed by atoms with E-state index in [1.54, 1.807) is 20.4 Å². The summed E-state index contributed by atoms with van der Waals surface area (Å²) in [4.78, 5) is 13.0. The first-order chi connectivity index (χ1) is 12.7. The molecule has 0 amide bonds. The number of rotatable bonds is 7. The van der Waals surface area contributed by atoms with E-state index in [9.17, 15) is 0 Å². The summed E-state index contributed by atoms with van der Waals surface area (Å²) in [6, 6.07) is 11.4. The third-order valence-electron chi connectivity index (χ3n) is 3.69. The van der Waals surface area contributed by atoms with Gasteiger partial charge >= 0.3 is 0 Å². The van der Waals surface area contributed by atoms with Crippen molar-refractivity contribution in [3.05, 3.63) is 60.2 Å². The number of methoxy groups -OCH3 is 2. The van der Waals surface area contributed by atoms with Gasteiger partial charge in [-0.1, -0.05) is 6.07 Å². The van der Waals surface area contributed by atoms with Crippen molar-refractivity contribution in [1.29, 1.82) is 0 Å². The standard InChI is InChI=1S/C19H21N5O2/c1-13-22-18(21-12-14-5-4-8-20-11-14)10-19(23-13)24-15-6-7-16(25-2)17(9-15)26-3/h4-11H,12H2,1-3H3,(H2,21,22,23,24). The molecule has 0 aliphatic heterocycles. The summed E-state index contributed by atoms with van der Waals surface area (Å²) in [7, 11) is 3.22. The Morgan fingerprint density at radius 3 is 2.50 bits per heavy atom. The van der Waals surface area contributed by atoms with Crippen molar-refractivity contribution < 1.29 is 9.47 Å². The zero-order valence-corrected chi connectivity index (χ0v) is 15.0. The Morgan fingerprint density at radius 2 is 1.77 bits per heavy atom. The highest BCUT2D eigenvalue weighted by Crippen LogP contribution is 2.31. The summed E-state index contributed by atoms with van der Waals surface area (Å²) >= 11 is 0. The molecule has 0 atom stereocenters. The Balaban J connectivity index is 1.75. The van der Waals surface area contributed by atoms with E-state index in [2.05, 4.69) is 25.6 Å². The summed E-state index contributed by atoms with van der Waals surface area (Å²) in [6.45, 7) is 2.50. The van der Waals surface area contributed by atoms with Gasteiger partial charge in [0.15, 0.2) is 11.5 Å². The summed E-state index contributed by atoms with van der Waals surface area (Å²) in [5, 5.41) is 6.56. The Bertz CT molecular complexity index is 871. The molecular weight excluding hydrogens is 330 g/mol. The zero-order valence-electron chi connectivity index (χ0n) is 15.0. The number of nitrogens with zero attached hydrogens (tertiary/aromatic N) is 3. The first-order valence-corrected chi connectivity index (χ1v) is 8.15. The largest absolute Gasteiger partial charge is 0.493 e. The van der Waals surface area contributed by atoms with Gasteiger partial charge in [-0.3, -0.25) is 4.98 Å². The van der Waals surface area contributed by atoms with Crippen LogP contribution in [-0.2, 0) is 6.54 Å². The smallest absolute Gasteiger partial charge is 0.162 e. The number of nitrogens with one attached hydrogen (secondary N) is 2. The normalized spacial score (nSPS) is 10.3. The first kappa shape index (κ1) is 17.5. The lowest BCUT2D eigenvalue weighted by Gasteiger charge is -2.12. The molecule has 0 spiro atoms. The number of aryl methyl sites for hydroxylation is 1. The van der Waals surface area contributed by atoms with Crippen LogP contribution >= 0.6 is 0 Å². The summed E-state index contributed by atoms with van der Waals surface area (Å²) in [5.41, 5.74) is 1.93. The molecule has 2 aromatic heterocycles. The maximum Gasteiger partial charge on any atom is 0.162 e. The fourth-order valence-electron chi connectivity index (χ4n) is 2.48. The maximum absolute atomic E-state index is 5.33. The molecule has 0 aliphatic rings. The van der Waals surface area contributed by atoms with E-state index < -0.39 is 0 Å². The molecule has 3 aromatic rings. The summed E-state index contributed by atoms with van der Waals surface area (Å²) < 4.78 is 10.6. The molecule has 2 N–H and O–H groups in total. The van der Waals surface area contributed by atoms with Crippen LogP contribution in [-0.4, -0.2) is 29.2 Å². The van der Waals surface area contributed by atoms with E-state index in [0.29, 0.717) is 29.7 Å². The van der Waals surface area contributed by atoms with Gasteiger partial charge in [-0.15, -0.1) is 0 Å². The van der Waals surface area contributed by atoms with Crippen LogP contribution in [0.4, 0.5) is 17.3 Å². The SMILES string of the molecule is COc1ccc(Nc2cc(NCc3cccnc3)nc(C)n2)cc1OC. The third-order valence-corrected chi connectivity index (χ3v) is 3.69. The van der Waals surface area contributed by atoms with Crippen LogP contribution in [0.1, 0.15) is 11.4 Å². The molecule has 0 saturated carbocycles.